The van der Waals surface area contributed by atoms with Crippen molar-refractivity contribution in [2.45, 2.75) is 50.4 Å². The zero-order valence-electron chi connectivity index (χ0n) is 17.9. The van der Waals surface area contributed by atoms with Gasteiger partial charge in [0.15, 0.2) is 0 Å². The number of amidine groups is 1. The Morgan fingerprint density at radius 2 is 2.03 bits per heavy atom. The van der Waals surface area contributed by atoms with Gasteiger partial charge in [0.1, 0.15) is 17.8 Å². The van der Waals surface area contributed by atoms with Gasteiger partial charge in [-0.1, -0.05) is 17.7 Å². The average molecular weight is 446 g/mol. The molecule has 0 bridgehead atoms. The first kappa shape index (κ1) is 21.8. The summed E-state index contributed by atoms with van der Waals surface area (Å²) in [6.07, 6.45) is 8.83. The predicted molar refractivity (Wildman–Crippen MR) is 124 cm³/mol. The van der Waals surface area contributed by atoms with Gasteiger partial charge in [0.05, 0.1) is 33.9 Å². The van der Waals surface area contributed by atoms with Crippen LogP contribution in [0.2, 0.25) is 5.02 Å². The summed E-state index contributed by atoms with van der Waals surface area (Å²) in [6, 6.07) is 4.60. The molecular formula is C22H29ClFN7. The Morgan fingerprint density at radius 1 is 1.29 bits per heavy atom. The van der Waals surface area contributed by atoms with E-state index < -0.39 is 5.82 Å². The molecular weight excluding hydrogens is 417 g/mol. The van der Waals surface area contributed by atoms with E-state index in [1.54, 1.807) is 6.21 Å². The van der Waals surface area contributed by atoms with Gasteiger partial charge in [0.2, 0.25) is 0 Å². The van der Waals surface area contributed by atoms with Crippen LogP contribution in [0.1, 0.15) is 32.1 Å². The van der Waals surface area contributed by atoms with Gasteiger partial charge in [0, 0.05) is 24.6 Å². The van der Waals surface area contributed by atoms with Crippen molar-refractivity contribution in [2.75, 3.05) is 14.1 Å². The number of fused-ring (bicyclic) bond motifs is 1. The molecule has 2 aliphatic heterocycles. The van der Waals surface area contributed by atoms with Crippen LogP contribution in [0.5, 0.6) is 0 Å². The molecule has 1 fully saturated rings. The molecule has 0 amide bonds. The number of rotatable bonds is 5. The van der Waals surface area contributed by atoms with Crippen LogP contribution < -0.4 is 16.8 Å². The lowest BCUT2D eigenvalue weighted by Crippen LogP contribution is -2.44. The largest absolute Gasteiger partial charge is 0.383 e. The predicted octanol–water partition coefficient (Wildman–Crippen LogP) is 3.06. The van der Waals surface area contributed by atoms with Crippen molar-refractivity contribution < 1.29 is 4.39 Å². The van der Waals surface area contributed by atoms with Crippen molar-refractivity contribution >= 4 is 29.3 Å². The van der Waals surface area contributed by atoms with E-state index in [2.05, 4.69) is 26.4 Å². The molecule has 1 unspecified atom stereocenters. The average Bonchev–Trinajstić information content (AvgIpc) is 3.17. The van der Waals surface area contributed by atoms with Gasteiger partial charge in [0.25, 0.3) is 0 Å². The lowest BCUT2D eigenvalue weighted by molar-refractivity contribution is 0.135. The van der Waals surface area contributed by atoms with Crippen molar-refractivity contribution in [2.24, 2.45) is 21.6 Å². The van der Waals surface area contributed by atoms with E-state index in [9.17, 15) is 4.39 Å². The monoisotopic (exact) mass is 445 g/mol. The summed E-state index contributed by atoms with van der Waals surface area (Å²) in [5, 5.41) is 10.7. The zero-order chi connectivity index (χ0) is 22.1. The third-order valence-electron chi connectivity index (χ3n) is 6.03. The molecule has 1 aliphatic carbocycles. The highest BCUT2D eigenvalue weighted by Gasteiger charge is 2.35. The second-order valence-electron chi connectivity index (χ2n) is 8.50. The molecule has 2 heterocycles. The third-order valence-corrected chi connectivity index (χ3v) is 6.35. The summed E-state index contributed by atoms with van der Waals surface area (Å²) in [7, 11) is 4.07. The van der Waals surface area contributed by atoms with E-state index in [0.717, 1.165) is 43.5 Å². The molecule has 1 saturated carbocycles. The number of benzene rings is 1. The molecule has 0 saturated heterocycles. The van der Waals surface area contributed by atoms with E-state index in [1.165, 1.54) is 18.2 Å². The minimum absolute atomic E-state index is 0.139. The van der Waals surface area contributed by atoms with Crippen LogP contribution in [-0.4, -0.2) is 54.3 Å². The number of nitrogens with two attached hydrogens (primary N) is 2. The van der Waals surface area contributed by atoms with Crippen molar-refractivity contribution in [1.29, 1.82) is 0 Å². The molecule has 1 aromatic rings. The SMILES string of the molecule is CN(C)C1CC=C2C(N[C@H]3CC[C@H](N)CC3)=C(/C(N)=N/c3cc(F)ccc3Cl)C=NN21. The van der Waals surface area contributed by atoms with E-state index in [0.29, 0.717) is 16.6 Å². The first-order valence-electron chi connectivity index (χ1n) is 10.6. The molecule has 1 aromatic carbocycles. The number of hydrogen-bond acceptors (Lipinski definition) is 6. The van der Waals surface area contributed by atoms with Crippen LogP contribution in [-0.2, 0) is 0 Å². The van der Waals surface area contributed by atoms with Crippen LogP contribution in [0.4, 0.5) is 10.1 Å². The molecule has 166 valence electrons. The van der Waals surface area contributed by atoms with Crippen LogP contribution in [0, 0.1) is 5.82 Å². The van der Waals surface area contributed by atoms with Gasteiger partial charge in [-0.2, -0.15) is 5.10 Å². The first-order valence-corrected chi connectivity index (χ1v) is 11.0. The maximum absolute atomic E-state index is 13.7. The van der Waals surface area contributed by atoms with Gasteiger partial charge < -0.3 is 16.8 Å². The molecule has 0 spiro atoms. The number of hydrogen-bond donors (Lipinski definition) is 3. The highest BCUT2D eigenvalue weighted by Crippen LogP contribution is 2.34. The molecule has 3 aliphatic rings. The van der Waals surface area contributed by atoms with Crippen molar-refractivity contribution in [3.63, 3.8) is 0 Å². The normalized spacial score (nSPS) is 26.4. The molecule has 5 N–H and O–H groups in total. The van der Waals surface area contributed by atoms with Gasteiger partial charge >= 0.3 is 0 Å². The summed E-state index contributed by atoms with van der Waals surface area (Å²) in [6.45, 7) is 0. The topological polar surface area (TPSA) is 95.3 Å². The molecule has 31 heavy (non-hydrogen) atoms. The second-order valence-corrected chi connectivity index (χ2v) is 8.90. The second kappa shape index (κ2) is 8.98. The van der Waals surface area contributed by atoms with E-state index in [-0.39, 0.29) is 23.7 Å². The summed E-state index contributed by atoms with van der Waals surface area (Å²) < 4.78 is 13.7. The Kier molecular flexibility index (Phi) is 6.31. The minimum Gasteiger partial charge on any atom is -0.383 e. The molecule has 1 atom stereocenters. The van der Waals surface area contributed by atoms with Crippen LogP contribution in [0.15, 0.2) is 51.3 Å². The number of aliphatic imine (C=N–C) groups is 1. The van der Waals surface area contributed by atoms with Crippen LogP contribution in [0.3, 0.4) is 0 Å². The smallest absolute Gasteiger partial charge is 0.135 e. The Balaban J connectivity index is 1.70. The Hall–Kier alpha value is -2.42. The molecule has 0 aromatic heterocycles. The van der Waals surface area contributed by atoms with Crippen LogP contribution >= 0.6 is 11.6 Å². The molecule has 0 radical (unpaired) electrons. The van der Waals surface area contributed by atoms with Gasteiger partial charge in [-0.3, -0.25) is 4.90 Å². The molecule has 9 heteroatoms. The molecule has 7 nitrogen and oxygen atoms in total. The number of hydrazone groups is 1. The highest BCUT2D eigenvalue weighted by molar-refractivity contribution is 6.33. The number of nitrogens with one attached hydrogen (secondary N) is 1. The standard InChI is InChI=1S/C22H29ClFN7/c1-30(2)20-10-9-19-21(28-15-6-4-14(25)5-7-15)16(12-27-31(19)20)22(26)29-18-11-13(24)3-8-17(18)23/h3,8-9,11-12,14-15,20,28H,4-7,10,25H2,1-2H3,(H2,26,29)/t14-,15-,20?. The lowest BCUT2D eigenvalue weighted by Gasteiger charge is -2.36. The maximum atomic E-state index is 13.7. The van der Waals surface area contributed by atoms with Gasteiger partial charge in [-0.05, 0) is 51.9 Å². The number of nitrogens with zero attached hydrogens (tertiary/aromatic N) is 4. The summed E-state index contributed by atoms with van der Waals surface area (Å²) >= 11 is 6.20. The van der Waals surface area contributed by atoms with Gasteiger partial charge in [-0.15, -0.1) is 0 Å². The van der Waals surface area contributed by atoms with E-state index in [4.69, 9.17) is 23.1 Å². The van der Waals surface area contributed by atoms with Gasteiger partial charge in [-0.25, -0.2) is 14.4 Å². The summed E-state index contributed by atoms with van der Waals surface area (Å²) in [5.74, 6) is -0.183. The van der Waals surface area contributed by atoms with E-state index >= 15 is 0 Å². The Morgan fingerprint density at radius 3 is 2.74 bits per heavy atom. The minimum atomic E-state index is -0.419. The maximum Gasteiger partial charge on any atom is 0.135 e. The fraction of sp³-hybridized carbons (Fsp3) is 0.455. The zero-order valence-corrected chi connectivity index (χ0v) is 18.6. The Bertz CT molecular complexity index is 961. The van der Waals surface area contributed by atoms with Crippen LogP contribution in [0.25, 0.3) is 0 Å². The van der Waals surface area contributed by atoms with Crippen molar-refractivity contribution in [1.82, 2.24) is 15.2 Å². The summed E-state index contributed by atoms with van der Waals surface area (Å²) in [4.78, 5) is 6.56. The molecule has 4 rings (SSSR count). The van der Waals surface area contributed by atoms with E-state index in [1.807, 2.05) is 19.1 Å². The first-order chi connectivity index (χ1) is 14.8. The van der Waals surface area contributed by atoms with Crippen molar-refractivity contribution in [3.05, 3.63) is 52.1 Å². The van der Waals surface area contributed by atoms with Crippen molar-refractivity contribution in [3.8, 4) is 0 Å². The highest BCUT2D eigenvalue weighted by atomic mass is 35.5. The quantitative estimate of drug-likeness (QED) is 0.478. The fourth-order valence-corrected chi connectivity index (χ4v) is 4.41. The fourth-order valence-electron chi connectivity index (χ4n) is 4.25. The Labute approximate surface area is 187 Å². The number of halogens is 2. The third kappa shape index (κ3) is 4.61. The lowest BCUT2D eigenvalue weighted by atomic mass is 9.91. The summed E-state index contributed by atoms with van der Waals surface area (Å²) in [5.41, 5.74) is 15.3.